The summed E-state index contributed by atoms with van der Waals surface area (Å²) in [6.45, 7) is 2.27. The van der Waals surface area contributed by atoms with E-state index in [1.165, 1.54) is 13.8 Å². The summed E-state index contributed by atoms with van der Waals surface area (Å²) in [5.74, 6) is -1.19. The van der Waals surface area contributed by atoms with E-state index in [0.717, 1.165) is 5.56 Å². The van der Waals surface area contributed by atoms with Crippen molar-refractivity contribution >= 4 is 11.9 Å². The molecule has 2 N–H and O–H groups in total. The van der Waals surface area contributed by atoms with E-state index < -0.39 is 42.6 Å². The molecule has 0 aromatic heterocycles. The highest BCUT2D eigenvalue weighted by atomic mass is 16.7. The summed E-state index contributed by atoms with van der Waals surface area (Å²) in [7, 11) is 0. The molecule has 1 aliphatic rings. The lowest BCUT2D eigenvalue weighted by atomic mass is 9.98. The minimum Gasteiger partial charge on any atom is -0.463 e. The van der Waals surface area contributed by atoms with E-state index in [0.29, 0.717) is 0 Å². The molecule has 0 spiro atoms. The average Bonchev–Trinajstić information content (AvgIpc) is 2.56. The van der Waals surface area contributed by atoms with Crippen LogP contribution in [-0.4, -0.2) is 59.5 Å². The molecule has 8 heteroatoms. The number of ether oxygens (including phenoxy) is 4. The van der Waals surface area contributed by atoms with E-state index in [2.05, 4.69) is 0 Å². The lowest BCUT2D eigenvalue weighted by molar-refractivity contribution is -0.299. The Balaban J connectivity index is 2.10. The molecule has 0 bridgehead atoms. The van der Waals surface area contributed by atoms with Crippen molar-refractivity contribution in [2.24, 2.45) is 0 Å². The first kappa shape index (κ1) is 19.3. The van der Waals surface area contributed by atoms with Gasteiger partial charge in [-0.25, -0.2) is 0 Å². The maximum atomic E-state index is 11.3. The minimum atomic E-state index is -1.52. The smallest absolute Gasteiger partial charge is 0.303 e. The second-order valence-electron chi connectivity index (χ2n) is 5.69. The molecule has 25 heavy (non-hydrogen) atoms. The highest BCUT2D eigenvalue weighted by Gasteiger charge is 2.47. The van der Waals surface area contributed by atoms with Crippen LogP contribution < -0.4 is 0 Å². The Labute approximate surface area is 145 Å². The third kappa shape index (κ3) is 5.50. The molecule has 1 aliphatic heterocycles. The van der Waals surface area contributed by atoms with Crippen LogP contribution in [0.1, 0.15) is 19.4 Å². The van der Waals surface area contributed by atoms with Crippen molar-refractivity contribution in [1.82, 2.24) is 0 Å². The molecule has 0 aliphatic carbocycles. The number of hydrogen-bond acceptors (Lipinski definition) is 8. The number of carbonyl (C=O) groups excluding carboxylic acids is 2. The standard InChI is InChI=1S/C17H22O8/c1-10(18)22-9-13-14(20)15(16(17(21)25-13)24-11(2)19)23-8-12-6-4-3-5-7-12/h3-7,13-17,20-21H,8-9H2,1-2H3/t13-,14-,15+,16-,17-/m1/s1. The Morgan fingerprint density at radius 3 is 2.36 bits per heavy atom. The number of aliphatic hydroxyl groups is 2. The molecule has 1 aromatic rings. The Hall–Kier alpha value is -2.00. The summed E-state index contributed by atoms with van der Waals surface area (Å²) >= 11 is 0. The SMILES string of the molecule is CC(=O)OC[C@H]1O[C@@H](O)[C@H](OC(C)=O)[C@@H](OCc2ccccc2)[C@@H]1O. The molecule has 2 rings (SSSR count). The molecule has 5 atom stereocenters. The largest absolute Gasteiger partial charge is 0.463 e. The average molecular weight is 354 g/mol. The molecular formula is C17H22O8. The highest BCUT2D eigenvalue weighted by molar-refractivity contribution is 5.66. The van der Waals surface area contributed by atoms with Gasteiger partial charge in [0.15, 0.2) is 12.4 Å². The molecule has 0 saturated carbocycles. The number of aliphatic hydroxyl groups excluding tert-OH is 2. The van der Waals surface area contributed by atoms with Crippen LogP contribution in [0.4, 0.5) is 0 Å². The zero-order chi connectivity index (χ0) is 18.4. The number of esters is 2. The number of carbonyl (C=O) groups is 2. The van der Waals surface area contributed by atoms with Gasteiger partial charge in [-0.15, -0.1) is 0 Å². The second kappa shape index (κ2) is 8.91. The Bertz CT molecular complexity index is 575. The first-order valence-electron chi connectivity index (χ1n) is 7.86. The topological polar surface area (TPSA) is 112 Å². The van der Waals surface area contributed by atoms with Crippen LogP contribution in [-0.2, 0) is 35.1 Å². The molecule has 8 nitrogen and oxygen atoms in total. The number of hydrogen-bond donors (Lipinski definition) is 2. The van der Waals surface area contributed by atoms with Gasteiger partial charge in [0.05, 0.1) is 6.61 Å². The van der Waals surface area contributed by atoms with Gasteiger partial charge < -0.3 is 29.2 Å². The number of benzene rings is 1. The van der Waals surface area contributed by atoms with E-state index in [9.17, 15) is 19.8 Å². The molecule has 1 saturated heterocycles. The van der Waals surface area contributed by atoms with Crippen molar-refractivity contribution in [2.45, 2.75) is 51.2 Å². The van der Waals surface area contributed by atoms with Gasteiger partial charge in [0.1, 0.15) is 24.9 Å². The van der Waals surface area contributed by atoms with E-state index in [4.69, 9.17) is 18.9 Å². The molecular weight excluding hydrogens is 332 g/mol. The monoisotopic (exact) mass is 354 g/mol. The van der Waals surface area contributed by atoms with Gasteiger partial charge in [0.25, 0.3) is 0 Å². The summed E-state index contributed by atoms with van der Waals surface area (Å²) in [5, 5.41) is 20.6. The van der Waals surface area contributed by atoms with Crippen LogP contribution in [0.25, 0.3) is 0 Å². The quantitative estimate of drug-likeness (QED) is 0.694. The predicted molar refractivity (Wildman–Crippen MR) is 84.1 cm³/mol. The first-order chi connectivity index (χ1) is 11.9. The molecule has 0 radical (unpaired) electrons. The van der Waals surface area contributed by atoms with Crippen molar-refractivity contribution in [3.05, 3.63) is 35.9 Å². The van der Waals surface area contributed by atoms with Crippen LogP contribution in [0.15, 0.2) is 30.3 Å². The molecule has 1 fully saturated rings. The summed E-state index contributed by atoms with van der Waals surface area (Å²) in [5.41, 5.74) is 0.841. The summed E-state index contributed by atoms with van der Waals surface area (Å²) in [6.07, 6.45) is -6.05. The fraction of sp³-hybridized carbons (Fsp3) is 0.529. The van der Waals surface area contributed by atoms with Gasteiger partial charge in [-0.1, -0.05) is 30.3 Å². The zero-order valence-electron chi connectivity index (χ0n) is 14.0. The van der Waals surface area contributed by atoms with Crippen molar-refractivity contribution < 1.29 is 38.7 Å². The van der Waals surface area contributed by atoms with Crippen LogP contribution in [0.5, 0.6) is 0 Å². The Kier molecular flexibility index (Phi) is 6.89. The van der Waals surface area contributed by atoms with E-state index in [1.807, 2.05) is 30.3 Å². The van der Waals surface area contributed by atoms with Crippen molar-refractivity contribution in [3.8, 4) is 0 Å². The summed E-state index contributed by atoms with van der Waals surface area (Å²) < 4.78 is 20.8. The molecule has 0 unspecified atom stereocenters. The van der Waals surface area contributed by atoms with Gasteiger partial charge >= 0.3 is 11.9 Å². The third-order valence-electron chi connectivity index (χ3n) is 3.67. The van der Waals surface area contributed by atoms with Crippen LogP contribution >= 0.6 is 0 Å². The Morgan fingerprint density at radius 1 is 1.08 bits per heavy atom. The van der Waals surface area contributed by atoms with Crippen molar-refractivity contribution in [1.29, 1.82) is 0 Å². The lowest BCUT2D eigenvalue weighted by Gasteiger charge is -2.41. The van der Waals surface area contributed by atoms with Gasteiger partial charge in [-0.3, -0.25) is 9.59 Å². The fourth-order valence-corrected chi connectivity index (χ4v) is 2.52. The predicted octanol–water partition coefficient (Wildman–Crippen LogP) is 0.145. The highest BCUT2D eigenvalue weighted by Crippen LogP contribution is 2.26. The van der Waals surface area contributed by atoms with E-state index >= 15 is 0 Å². The molecule has 1 heterocycles. The van der Waals surface area contributed by atoms with Gasteiger partial charge in [0, 0.05) is 13.8 Å². The van der Waals surface area contributed by atoms with Crippen molar-refractivity contribution in [2.75, 3.05) is 6.61 Å². The second-order valence-corrected chi connectivity index (χ2v) is 5.69. The van der Waals surface area contributed by atoms with Crippen molar-refractivity contribution in [3.63, 3.8) is 0 Å². The first-order valence-corrected chi connectivity index (χ1v) is 7.86. The lowest BCUT2D eigenvalue weighted by Crippen LogP contribution is -2.60. The van der Waals surface area contributed by atoms with Crippen LogP contribution in [0.3, 0.4) is 0 Å². The summed E-state index contributed by atoms with van der Waals surface area (Å²) in [4.78, 5) is 22.2. The zero-order valence-corrected chi connectivity index (χ0v) is 14.0. The maximum absolute atomic E-state index is 11.3. The molecule has 0 amide bonds. The van der Waals surface area contributed by atoms with Crippen LogP contribution in [0, 0.1) is 0 Å². The van der Waals surface area contributed by atoms with E-state index in [1.54, 1.807) is 0 Å². The van der Waals surface area contributed by atoms with E-state index in [-0.39, 0.29) is 13.2 Å². The van der Waals surface area contributed by atoms with Gasteiger partial charge in [-0.05, 0) is 5.56 Å². The van der Waals surface area contributed by atoms with Crippen LogP contribution in [0.2, 0.25) is 0 Å². The molecule has 138 valence electrons. The van der Waals surface area contributed by atoms with Gasteiger partial charge in [-0.2, -0.15) is 0 Å². The number of rotatable bonds is 6. The fourth-order valence-electron chi connectivity index (χ4n) is 2.52. The minimum absolute atomic E-state index is 0.132. The maximum Gasteiger partial charge on any atom is 0.303 e. The van der Waals surface area contributed by atoms with Gasteiger partial charge in [0.2, 0.25) is 0 Å². The third-order valence-corrected chi connectivity index (χ3v) is 3.67. The summed E-state index contributed by atoms with van der Waals surface area (Å²) in [6, 6.07) is 9.19. The Morgan fingerprint density at radius 2 is 1.76 bits per heavy atom. The molecule has 1 aromatic carbocycles. The normalized spacial score (nSPS) is 29.0.